The zero-order chi connectivity index (χ0) is 26.2. The fraction of sp³-hybridized carbons (Fsp3) is 0.133. The molecule has 0 aliphatic heterocycles. The third-order valence-electron chi connectivity index (χ3n) is 6.40. The van der Waals surface area contributed by atoms with Crippen LogP contribution in [0.5, 0.6) is 0 Å². The number of hydrogen-bond acceptors (Lipinski definition) is 4. The van der Waals surface area contributed by atoms with Crippen LogP contribution < -0.4 is 5.73 Å². The Morgan fingerprint density at radius 2 is 1.43 bits per heavy atom. The number of primary amides is 1. The van der Waals surface area contributed by atoms with Gasteiger partial charge in [-0.2, -0.15) is 0 Å². The summed E-state index contributed by atoms with van der Waals surface area (Å²) in [6.45, 7) is 4.50. The number of nitrogens with zero attached hydrogens (tertiary/aromatic N) is 2. The Morgan fingerprint density at radius 3 is 2.03 bits per heavy atom. The van der Waals surface area contributed by atoms with Crippen LogP contribution in [0.25, 0.3) is 22.2 Å². The van der Waals surface area contributed by atoms with E-state index < -0.39 is 15.7 Å². The fourth-order valence-corrected chi connectivity index (χ4v) is 5.84. The first-order chi connectivity index (χ1) is 17.8. The molecule has 0 radical (unpaired) electrons. The van der Waals surface area contributed by atoms with Gasteiger partial charge >= 0.3 is 0 Å². The molecule has 1 amide bonds. The van der Waals surface area contributed by atoms with Crippen molar-refractivity contribution in [3.63, 3.8) is 0 Å². The van der Waals surface area contributed by atoms with E-state index in [9.17, 15) is 13.2 Å². The Balaban J connectivity index is 1.65. The highest BCUT2D eigenvalue weighted by Crippen LogP contribution is 2.31. The number of imidazole rings is 1. The van der Waals surface area contributed by atoms with Crippen molar-refractivity contribution in [2.24, 2.45) is 5.73 Å². The maximum Gasteiger partial charge on any atom is 0.251 e. The summed E-state index contributed by atoms with van der Waals surface area (Å²) in [7, 11) is -3.87. The number of benzene rings is 4. The van der Waals surface area contributed by atoms with Gasteiger partial charge in [0.25, 0.3) is 5.91 Å². The molecule has 0 atom stereocenters. The first kappa shape index (κ1) is 24.5. The Labute approximate surface area is 216 Å². The second-order valence-electron chi connectivity index (χ2n) is 9.29. The second kappa shape index (κ2) is 9.67. The van der Waals surface area contributed by atoms with Gasteiger partial charge in [0.05, 0.1) is 20.9 Å². The van der Waals surface area contributed by atoms with Gasteiger partial charge in [0.2, 0.25) is 9.84 Å². The molecule has 0 saturated heterocycles. The van der Waals surface area contributed by atoms with Crippen molar-refractivity contribution in [2.75, 3.05) is 0 Å². The second-order valence-corrected chi connectivity index (χ2v) is 11.2. The zero-order valence-corrected chi connectivity index (χ0v) is 21.4. The molecule has 186 valence electrons. The molecule has 0 aliphatic carbocycles. The number of sulfone groups is 1. The fourth-order valence-electron chi connectivity index (χ4n) is 4.52. The summed E-state index contributed by atoms with van der Waals surface area (Å²) in [5, 5.41) is 0. The quantitative estimate of drug-likeness (QED) is 0.300. The Hall–Kier alpha value is -4.23. The summed E-state index contributed by atoms with van der Waals surface area (Å²) in [6, 6.07) is 29.5. The van der Waals surface area contributed by atoms with E-state index in [1.165, 1.54) is 18.2 Å². The zero-order valence-electron chi connectivity index (χ0n) is 20.6. The minimum Gasteiger partial charge on any atom is -0.366 e. The topological polar surface area (TPSA) is 95.1 Å². The average Bonchev–Trinajstić information content (AvgIpc) is 3.28. The highest BCUT2D eigenvalue weighted by Gasteiger charge is 2.25. The maximum atomic E-state index is 13.5. The van der Waals surface area contributed by atoms with Gasteiger partial charge in [0.1, 0.15) is 11.3 Å². The van der Waals surface area contributed by atoms with Crippen LogP contribution in [-0.4, -0.2) is 23.9 Å². The molecular weight excluding hydrogens is 482 g/mol. The van der Waals surface area contributed by atoms with Crippen molar-refractivity contribution < 1.29 is 13.2 Å². The lowest BCUT2D eigenvalue weighted by Crippen LogP contribution is -2.13. The molecule has 7 heteroatoms. The lowest BCUT2D eigenvalue weighted by molar-refractivity contribution is 0.100. The van der Waals surface area contributed by atoms with Gasteiger partial charge in [-0.15, -0.1) is 0 Å². The maximum absolute atomic E-state index is 13.5. The minimum atomic E-state index is -3.87. The van der Waals surface area contributed by atoms with Gasteiger partial charge < -0.3 is 10.3 Å². The molecule has 6 nitrogen and oxygen atoms in total. The molecule has 5 aromatic rings. The number of nitrogens with two attached hydrogens (primary N) is 1. The van der Waals surface area contributed by atoms with E-state index >= 15 is 0 Å². The number of hydrogen-bond donors (Lipinski definition) is 1. The van der Waals surface area contributed by atoms with Gasteiger partial charge in [0, 0.05) is 12.5 Å². The minimum absolute atomic E-state index is 0.0101. The van der Waals surface area contributed by atoms with E-state index in [0.717, 1.165) is 22.5 Å². The van der Waals surface area contributed by atoms with Crippen molar-refractivity contribution in [2.45, 2.75) is 36.1 Å². The van der Waals surface area contributed by atoms with Crippen LogP contribution in [0.4, 0.5) is 0 Å². The molecule has 0 aliphatic rings. The predicted molar refractivity (Wildman–Crippen MR) is 145 cm³/mol. The Kier molecular flexibility index (Phi) is 6.39. The highest BCUT2D eigenvalue weighted by molar-refractivity contribution is 7.91. The first-order valence-electron chi connectivity index (χ1n) is 12.0. The summed E-state index contributed by atoms with van der Waals surface area (Å²) in [5.41, 5.74) is 10.0. The number of carbonyl (C=O) groups excluding carboxylic acids is 1. The summed E-state index contributed by atoms with van der Waals surface area (Å²) < 4.78 is 28.9. The van der Waals surface area contributed by atoms with E-state index in [2.05, 4.69) is 36.4 Å². The first-order valence-corrected chi connectivity index (χ1v) is 13.5. The number of carbonyl (C=O) groups is 1. The average molecular weight is 510 g/mol. The molecule has 0 bridgehead atoms. The van der Waals surface area contributed by atoms with Crippen LogP contribution in [0.2, 0.25) is 0 Å². The number of amides is 1. The molecule has 1 aromatic heterocycles. The molecule has 2 N–H and O–H groups in total. The van der Waals surface area contributed by atoms with Crippen molar-refractivity contribution in [3.05, 3.63) is 114 Å². The normalized spacial score (nSPS) is 11.8. The Morgan fingerprint density at radius 1 is 0.838 bits per heavy atom. The number of rotatable bonds is 7. The van der Waals surface area contributed by atoms with Crippen molar-refractivity contribution in [1.29, 1.82) is 0 Å². The van der Waals surface area contributed by atoms with Crippen LogP contribution in [-0.2, 0) is 16.4 Å². The summed E-state index contributed by atoms with van der Waals surface area (Å²) in [6.07, 6.45) is 0. The van der Waals surface area contributed by atoms with E-state index in [-0.39, 0.29) is 21.3 Å². The van der Waals surface area contributed by atoms with Gasteiger partial charge in [-0.1, -0.05) is 86.6 Å². The molecule has 0 unspecified atom stereocenters. The SMILES string of the molecule is CC(C)c1nc2c(C(N)=O)cc(S(=O)(=O)c3ccccc3)cc2n1Cc1ccc(-c2ccccc2)cc1. The van der Waals surface area contributed by atoms with E-state index in [1.54, 1.807) is 24.3 Å². The lowest BCUT2D eigenvalue weighted by Gasteiger charge is -2.13. The standard InChI is InChI=1S/C30H27N3O3S/c1-20(2)30-32-28-26(29(31)34)17-25(37(35,36)24-11-7-4-8-12-24)18-27(28)33(30)19-21-13-15-23(16-14-21)22-9-5-3-6-10-22/h3-18,20H,19H2,1-2H3,(H2,31,34). The molecule has 4 aromatic carbocycles. The third kappa shape index (κ3) is 4.66. The monoisotopic (exact) mass is 509 g/mol. The summed E-state index contributed by atoms with van der Waals surface area (Å²) in [5.74, 6) is 0.0621. The lowest BCUT2D eigenvalue weighted by atomic mass is 10.0. The molecule has 1 heterocycles. The largest absolute Gasteiger partial charge is 0.366 e. The molecule has 0 fully saturated rings. The van der Waals surface area contributed by atoms with Gasteiger partial charge in [-0.3, -0.25) is 4.79 Å². The van der Waals surface area contributed by atoms with E-state index in [0.29, 0.717) is 17.6 Å². The molecule has 0 spiro atoms. The van der Waals surface area contributed by atoms with E-state index in [1.807, 2.05) is 36.6 Å². The van der Waals surface area contributed by atoms with Crippen LogP contribution in [0.15, 0.2) is 107 Å². The summed E-state index contributed by atoms with van der Waals surface area (Å²) in [4.78, 5) is 17.3. The van der Waals surface area contributed by atoms with Crippen LogP contribution >= 0.6 is 0 Å². The number of fused-ring (bicyclic) bond motifs is 1. The van der Waals surface area contributed by atoms with Crippen LogP contribution in [0.1, 0.15) is 41.5 Å². The van der Waals surface area contributed by atoms with Crippen molar-refractivity contribution in [3.8, 4) is 11.1 Å². The van der Waals surface area contributed by atoms with Crippen molar-refractivity contribution >= 4 is 26.8 Å². The third-order valence-corrected chi connectivity index (χ3v) is 8.15. The molecule has 37 heavy (non-hydrogen) atoms. The van der Waals surface area contributed by atoms with Crippen LogP contribution in [0.3, 0.4) is 0 Å². The van der Waals surface area contributed by atoms with Gasteiger partial charge in [-0.25, -0.2) is 13.4 Å². The van der Waals surface area contributed by atoms with E-state index in [4.69, 9.17) is 10.7 Å². The highest BCUT2D eigenvalue weighted by atomic mass is 32.2. The molecular formula is C30H27N3O3S. The Bertz CT molecular complexity index is 1690. The number of aromatic nitrogens is 2. The molecule has 0 saturated carbocycles. The predicted octanol–water partition coefficient (Wildman–Crippen LogP) is 5.81. The van der Waals surface area contributed by atoms with Gasteiger partial charge in [-0.05, 0) is 41.0 Å². The smallest absolute Gasteiger partial charge is 0.251 e. The summed E-state index contributed by atoms with van der Waals surface area (Å²) >= 11 is 0. The van der Waals surface area contributed by atoms with Crippen molar-refractivity contribution in [1.82, 2.24) is 9.55 Å². The van der Waals surface area contributed by atoms with Gasteiger partial charge in [0.15, 0.2) is 0 Å². The van der Waals surface area contributed by atoms with Crippen LogP contribution in [0, 0.1) is 0 Å². The molecule has 5 rings (SSSR count).